The van der Waals surface area contributed by atoms with Crippen LogP contribution in [0.3, 0.4) is 0 Å². The fraction of sp³-hybridized carbons (Fsp3) is 0.583. The first-order valence-corrected chi connectivity index (χ1v) is 5.81. The third-order valence-electron chi connectivity index (χ3n) is 4.07. The second kappa shape index (κ2) is 3.46. The van der Waals surface area contributed by atoms with Crippen molar-refractivity contribution in [3.63, 3.8) is 0 Å². The molecule has 0 spiro atoms. The van der Waals surface area contributed by atoms with E-state index in [1.54, 1.807) is 0 Å². The van der Waals surface area contributed by atoms with Crippen molar-refractivity contribution in [2.24, 2.45) is 5.41 Å². The average molecular weight is 272 g/mol. The molecule has 0 aromatic carbocycles. The minimum Gasteiger partial charge on any atom is -0.469 e. The monoisotopic (exact) mass is 272 g/mol. The molecule has 7 heteroatoms. The van der Waals surface area contributed by atoms with E-state index in [1.807, 2.05) is 0 Å². The predicted octanol–water partition coefficient (Wildman–Crippen LogP) is 2.09. The predicted molar refractivity (Wildman–Crippen MR) is 57.0 cm³/mol. The van der Waals surface area contributed by atoms with Crippen molar-refractivity contribution in [1.82, 2.24) is 9.97 Å². The largest absolute Gasteiger partial charge is 0.469 e. The molecule has 3 saturated carbocycles. The molecule has 0 radical (unpaired) electrons. The van der Waals surface area contributed by atoms with E-state index in [-0.39, 0.29) is 11.8 Å². The van der Waals surface area contributed by atoms with Crippen LogP contribution in [-0.4, -0.2) is 23.0 Å². The molecule has 4 rings (SSSR count). The molecule has 3 aliphatic rings. The van der Waals surface area contributed by atoms with Gasteiger partial charge in [-0.25, -0.2) is 9.97 Å². The second-order valence-corrected chi connectivity index (χ2v) is 5.35. The van der Waals surface area contributed by atoms with E-state index >= 15 is 0 Å². The lowest BCUT2D eigenvalue weighted by Crippen LogP contribution is -2.68. The molecule has 0 saturated heterocycles. The van der Waals surface area contributed by atoms with Gasteiger partial charge in [-0.3, -0.25) is 4.79 Å². The summed E-state index contributed by atoms with van der Waals surface area (Å²) in [5.74, 6) is -0.102. The van der Waals surface area contributed by atoms with Gasteiger partial charge in [-0.1, -0.05) is 0 Å². The summed E-state index contributed by atoms with van der Waals surface area (Å²) < 4.78 is 42.4. The quantitative estimate of drug-likeness (QED) is 0.773. The van der Waals surface area contributed by atoms with Gasteiger partial charge in [0.15, 0.2) is 0 Å². The molecule has 0 N–H and O–H groups in total. The molecule has 1 aromatic heterocycles. The van der Waals surface area contributed by atoms with Crippen molar-refractivity contribution in [3.05, 3.63) is 23.8 Å². The van der Waals surface area contributed by atoms with Crippen LogP contribution in [0.1, 0.15) is 30.8 Å². The van der Waals surface area contributed by atoms with Crippen LogP contribution in [-0.2, 0) is 21.1 Å². The molecule has 0 aliphatic heterocycles. The molecule has 0 amide bonds. The van der Waals surface area contributed by atoms with E-state index < -0.39 is 22.7 Å². The summed E-state index contributed by atoms with van der Waals surface area (Å²) in [5.41, 5.74) is -1.91. The number of ether oxygens (including phenoxy) is 1. The third-order valence-corrected chi connectivity index (χ3v) is 4.07. The van der Waals surface area contributed by atoms with Crippen molar-refractivity contribution in [3.8, 4) is 0 Å². The van der Waals surface area contributed by atoms with E-state index in [2.05, 4.69) is 9.97 Å². The van der Waals surface area contributed by atoms with Gasteiger partial charge in [0.05, 0.1) is 12.5 Å². The number of esters is 1. The highest BCUT2D eigenvalue weighted by Crippen LogP contribution is 2.73. The van der Waals surface area contributed by atoms with Crippen LogP contribution in [0, 0.1) is 5.41 Å². The lowest BCUT2D eigenvalue weighted by molar-refractivity contribution is -0.200. The maximum atomic E-state index is 12.6. The van der Waals surface area contributed by atoms with E-state index in [0.717, 1.165) is 12.3 Å². The number of methoxy groups -OCH3 is 1. The zero-order valence-electron chi connectivity index (χ0n) is 10.1. The van der Waals surface area contributed by atoms with Crippen LogP contribution < -0.4 is 0 Å². The van der Waals surface area contributed by atoms with Crippen LogP contribution in [0.2, 0.25) is 0 Å². The lowest BCUT2D eigenvalue weighted by atomic mass is 9.35. The number of carbonyl (C=O) groups excluding carboxylic acids is 1. The Morgan fingerprint density at radius 2 is 2.00 bits per heavy atom. The smallest absolute Gasteiger partial charge is 0.433 e. The highest BCUT2D eigenvalue weighted by Gasteiger charge is 2.74. The molecule has 1 heterocycles. The highest BCUT2D eigenvalue weighted by atomic mass is 19.4. The summed E-state index contributed by atoms with van der Waals surface area (Å²) >= 11 is 0. The Balaban J connectivity index is 1.82. The minimum absolute atomic E-state index is 0.188. The number of hydrogen-bond donors (Lipinski definition) is 0. The Bertz CT molecular complexity index is 536. The maximum absolute atomic E-state index is 12.6. The molecule has 2 bridgehead atoms. The van der Waals surface area contributed by atoms with Crippen LogP contribution in [0.5, 0.6) is 0 Å². The van der Waals surface area contributed by atoms with Gasteiger partial charge in [-0.05, 0) is 25.3 Å². The lowest BCUT2D eigenvalue weighted by Gasteiger charge is -2.67. The Kier molecular flexibility index (Phi) is 2.25. The summed E-state index contributed by atoms with van der Waals surface area (Å²) in [6.07, 6.45) is -1.91. The molecule has 0 atom stereocenters. The van der Waals surface area contributed by atoms with Gasteiger partial charge in [-0.2, -0.15) is 13.2 Å². The maximum Gasteiger partial charge on any atom is 0.433 e. The topological polar surface area (TPSA) is 52.1 Å². The number of carbonyl (C=O) groups is 1. The van der Waals surface area contributed by atoms with E-state index in [1.165, 1.54) is 7.11 Å². The van der Waals surface area contributed by atoms with Crippen molar-refractivity contribution >= 4 is 5.97 Å². The third kappa shape index (κ3) is 1.56. The first-order chi connectivity index (χ1) is 8.81. The molecule has 3 aliphatic carbocycles. The van der Waals surface area contributed by atoms with Crippen molar-refractivity contribution in [2.75, 3.05) is 7.11 Å². The van der Waals surface area contributed by atoms with Crippen molar-refractivity contribution in [1.29, 1.82) is 0 Å². The molecular weight excluding hydrogens is 261 g/mol. The summed E-state index contributed by atoms with van der Waals surface area (Å²) in [7, 11) is 1.32. The fourth-order valence-electron chi connectivity index (χ4n) is 3.23. The van der Waals surface area contributed by atoms with Gasteiger partial charge in [0.2, 0.25) is 0 Å². The van der Waals surface area contributed by atoms with Crippen LogP contribution in [0.25, 0.3) is 0 Å². The van der Waals surface area contributed by atoms with Crippen LogP contribution in [0.4, 0.5) is 13.2 Å². The normalized spacial score (nSPS) is 32.2. The molecular formula is C12H11F3N2O2. The highest BCUT2D eigenvalue weighted by molar-refractivity contribution is 5.82. The summed E-state index contributed by atoms with van der Waals surface area (Å²) in [6, 6.07) is 0.852. The Morgan fingerprint density at radius 3 is 2.53 bits per heavy atom. The standard InChI is InChI=1S/C12H11F3N2O2/c1-19-9(18)11-4-10(5-11,6-11)8-16-3-2-7(17-8)12(13,14)15/h2-3H,4-6H2,1H3. The van der Waals surface area contributed by atoms with Gasteiger partial charge >= 0.3 is 12.1 Å². The zero-order chi connectivity index (χ0) is 13.9. The molecule has 0 unspecified atom stereocenters. The number of hydrogen-bond acceptors (Lipinski definition) is 4. The SMILES string of the molecule is COC(=O)C12CC(c3nccc(C(F)(F)F)n3)(C1)C2. The van der Waals surface area contributed by atoms with Gasteiger partial charge in [-0.15, -0.1) is 0 Å². The zero-order valence-corrected chi connectivity index (χ0v) is 10.1. The minimum atomic E-state index is -4.47. The van der Waals surface area contributed by atoms with E-state index in [0.29, 0.717) is 19.3 Å². The molecule has 4 nitrogen and oxygen atoms in total. The number of alkyl halides is 3. The summed E-state index contributed by atoms with van der Waals surface area (Å²) in [6.45, 7) is 0. The Morgan fingerprint density at radius 1 is 1.37 bits per heavy atom. The van der Waals surface area contributed by atoms with Crippen LogP contribution in [0.15, 0.2) is 12.3 Å². The van der Waals surface area contributed by atoms with Gasteiger partial charge in [0.25, 0.3) is 0 Å². The number of halogens is 3. The Labute approximate surface area is 107 Å². The number of aromatic nitrogens is 2. The molecule has 102 valence electrons. The molecule has 3 fully saturated rings. The Hall–Kier alpha value is -1.66. The fourth-order valence-corrected chi connectivity index (χ4v) is 3.23. The van der Waals surface area contributed by atoms with Crippen molar-refractivity contribution < 1.29 is 22.7 Å². The van der Waals surface area contributed by atoms with Crippen LogP contribution >= 0.6 is 0 Å². The molecule has 1 aromatic rings. The van der Waals surface area contributed by atoms with Gasteiger partial charge < -0.3 is 4.74 Å². The van der Waals surface area contributed by atoms with E-state index in [9.17, 15) is 18.0 Å². The number of nitrogens with zero attached hydrogens (tertiary/aromatic N) is 2. The average Bonchev–Trinajstić information content (AvgIpc) is 2.24. The van der Waals surface area contributed by atoms with Gasteiger partial charge in [0.1, 0.15) is 11.5 Å². The first kappa shape index (κ1) is 12.4. The summed E-state index contributed by atoms with van der Waals surface area (Å²) in [5, 5.41) is 0. The summed E-state index contributed by atoms with van der Waals surface area (Å²) in [4.78, 5) is 19.1. The van der Waals surface area contributed by atoms with Gasteiger partial charge in [0, 0.05) is 11.6 Å². The second-order valence-electron chi connectivity index (χ2n) is 5.35. The molecule has 19 heavy (non-hydrogen) atoms. The van der Waals surface area contributed by atoms with E-state index in [4.69, 9.17) is 4.74 Å². The first-order valence-electron chi connectivity index (χ1n) is 5.81. The number of rotatable bonds is 2. The van der Waals surface area contributed by atoms with Crippen molar-refractivity contribution in [2.45, 2.75) is 30.9 Å².